The van der Waals surface area contributed by atoms with E-state index in [-0.39, 0.29) is 11.8 Å². The minimum atomic E-state index is 0.143. The highest BCUT2D eigenvalue weighted by atomic mass is 35.5. The third kappa shape index (κ3) is 3.25. The van der Waals surface area contributed by atoms with Gasteiger partial charge in [0, 0.05) is 11.5 Å². The first-order chi connectivity index (χ1) is 10.6. The number of amides is 1. The molecule has 116 valence electrons. The summed E-state index contributed by atoms with van der Waals surface area (Å²) in [6.45, 7) is 2.48. The largest absolute Gasteiger partial charge is 0.495 e. The molecule has 2 aromatic rings. The number of hydrogen-bond donors (Lipinski definition) is 1. The number of ether oxygens (including phenoxy) is 1. The van der Waals surface area contributed by atoms with Gasteiger partial charge in [-0.3, -0.25) is 4.79 Å². The summed E-state index contributed by atoms with van der Waals surface area (Å²) < 4.78 is 5.18. The molecule has 1 aromatic heterocycles. The van der Waals surface area contributed by atoms with Crippen LogP contribution in [0, 0.1) is 12.8 Å². The highest BCUT2D eigenvalue weighted by molar-refractivity contribution is 7.12. The molecular weight excluding hydrogens is 320 g/mol. The van der Waals surface area contributed by atoms with Crippen LogP contribution in [-0.4, -0.2) is 18.0 Å². The number of thiazole rings is 1. The molecule has 1 amide bonds. The number of carbonyl (C=O) groups excluding carboxylic acids is 1. The van der Waals surface area contributed by atoms with Gasteiger partial charge in [-0.15, -0.1) is 11.3 Å². The molecule has 4 nitrogen and oxygen atoms in total. The van der Waals surface area contributed by atoms with Crippen molar-refractivity contribution in [3.63, 3.8) is 0 Å². The zero-order valence-corrected chi connectivity index (χ0v) is 14.1. The molecule has 1 aliphatic rings. The van der Waals surface area contributed by atoms with Gasteiger partial charge in [-0.25, -0.2) is 4.98 Å². The highest BCUT2D eigenvalue weighted by Crippen LogP contribution is 2.34. The molecule has 22 heavy (non-hydrogen) atoms. The number of nitrogens with one attached hydrogen (secondary N) is 1. The van der Waals surface area contributed by atoms with Crippen molar-refractivity contribution in [1.82, 2.24) is 10.3 Å². The van der Waals surface area contributed by atoms with E-state index in [0.29, 0.717) is 17.3 Å². The van der Waals surface area contributed by atoms with E-state index in [1.165, 1.54) is 0 Å². The average molecular weight is 337 g/mol. The Morgan fingerprint density at radius 1 is 1.50 bits per heavy atom. The van der Waals surface area contributed by atoms with E-state index >= 15 is 0 Å². The van der Waals surface area contributed by atoms with Crippen molar-refractivity contribution in [2.75, 3.05) is 7.11 Å². The topological polar surface area (TPSA) is 51.2 Å². The molecule has 6 heteroatoms. The summed E-state index contributed by atoms with van der Waals surface area (Å²) >= 11 is 7.80. The molecule has 1 heterocycles. The monoisotopic (exact) mass is 336 g/mol. The number of carbonyl (C=O) groups is 1. The molecule has 0 atom stereocenters. The summed E-state index contributed by atoms with van der Waals surface area (Å²) in [5.41, 5.74) is 1.81. The molecule has 0 radical (unpaired) electrons. The van der Waals surface area contributed by atoms with Crippen LogP contribution in [0.2, 0.25) is 5.02 Å². The Labute approximate surface area is 138 Å². The van der Waals surface area contributed by atoms with Gasteiger partial charge in [0.1, 0.15) is 5.75 Å². The van der Waals surface area contributed by atoms with Crippen molar-refractivity contribution in [3.05, 3.63) is 33.1 Å². The first kappa shape index (κ1) is 15.3. The number of nitrogens with zero attached hydrogens (tertiary/aromatic N) is 1. The van der Waals surface area contributed by atoms with Crippen LogP contribution in [0.5, 0.6) is 5.75 Å². The lowest BCUT2D eigenvalue weighted by molar-refractivity contribution is -0.122. The molecule has 1 fully saturated rings. The minimum Gasteiger partial charge on any atom is -0.495 e. The summed E-state index contributed by atoms with van der Waals surface area (Å²) in [4.78, 5) is 17.4. The zero-order chi connectivity index (χ0) is 15.7. The second kappa shape index (κ2) is 6.26. The molecule has 0 bridgehead atoms. The molecule has 1 aliphatic carbocycles. The van der Waals surface area contributed by atoms with E-state index in [1.54, 1.807) is 18.4 Å². The van der Waals surface area contributed by atoms with Gasteiger partial charge in [0.05, 0.1) is 34.3 Å². The van der Waals surface area contributed by atoms with E-state index in [4.69, 9.17) is 16.3 Å². The van der Waals surface area contributed by atoms with Crippen LogP contribution in [0.1, 0.15) is 22.7 Å². The Balaban J connectivity index is 1.83. The van der Waals surface area contributed by atoms with Gasteiger partial charge in [0.2, 0.25) is 5.91 Å². The molecular formula is C16H17ClN2O2S. The molecule has 0 unspecified atom stereocenters. The fourth-order valence-corrected chi connectivity index (χ4v) is 3.44. The van der Waals surface area contributed by atoms with E-state index in [9.17, 15) is 4.79 Å². The normalized spacial score (nSPS) is 14.0. The number of aryl methyl sites for hydroxylation is 1. The standard InChI is InChI=1S/C16H17ClN2O2S/c1-9-19-15(11-5-6-13(21-2)12(17)7-11)14(22-9)8-18-16(20)10-3-4-10/h5-7,10H,3-4,8H2,1-2H3,(H,18,20). The van der Waals surface area contributed by atoms with Gasteiger partial charge >= 0.3 is 0 Å². The van der Waals surface area contributed by atoms with Crippen molar-refractivity contribution < 1.29 is 9.53 Å². The van der Waals surface area contributed by atoms with Crippen LogP contribution >= 0.6 is 22.9 Å². The molecule has 0 aliphatic heterocycles. The van der Waals surface area contributed by atoms with E-state index in [0.717, 1.165) is 34.0 Å². The van der Waals surface area contributed by atoms with Gasteiger partial charge in [-0.1, -0.05) is 11.6 Å². The summed E-state index contributed by atoms with van der Waals surface area (Å²) in [6, 6.07) is 5.62. The molecule has 1 saturated carbocycles. The SMILES string of the molecule is COc1ccc(-c2nc(C)sc2CNC(=O)C2CC2)cc1Cl. The van der Waals surface area contributed by atoms with Crippen molar-refractivity contribution in [2.24, 2.45) is 5.92 Å². The average Bonchev–Trinajstić information content (AvgIpc) is 3.28. The molecule has 1 aromatic carbocycles. The molecule has 0 spiro atoms. The van der Waals surface area contributed by atoms with Gasteiger partial charge in [-0.2, -0.15) is 0 Å². The summed E-state index contributed by atoms with van der Waals surface area (Å²) in [5.74, 6) is 0.999. The summed E-state index contributed by atoms with van der Waals surface area (Å²) in [5, 5.41) is 4.52. The number of benzene rings is 1. The highest BCUT2D eigenvalue weighted by Gasteiger charge is 2.29. The van der Waals surface area contributed by atoms with Gasteiger partial charge < -0.3 is 10.1 Å². The number of hydrogen-bond acceptors (Lipinski definition) is 4. The fraction of sp³-hybridized carbons (Fsp3) is 0.375. The van der Waals surface area contributed by atoms with E-state index < -0.39 is 0 Å². The lowest BCUT2D eigenvalue weighted by atomic mass is 10.1. The number of aromatic nitrogens is 1. The molecule has 3 rings (SSSR count). The van der Waals surface area contributed by atoms with E-state index in [2.05, 4.69) is 10.3 Å². The Hall–Kier alpha value is -1.59. The van der Waals surface area contributed by atoms with Crippen molar-refractivity contribution in [2.45, 2.75) is 26.3 Å². The second-order valence-corrected chi connectivity index (χ2v) is 7.04. The first-order valence-corrected chi connectivity index (χ1v) is 8.36. The first-order valence-electron chi connectivity index (χ1n) is 7.16. The number of rotatable bonds is 5. The lowest BCUT2D eigenvalue weighted by Gasteiger charge is -2.07. The van der Waals surface area contributed by atoms with Crippen molar-refractivity contribution in [3.8, 4) is 17.0 Å². The summed E-state index contributed by atoms with van der Waals surface area (Å²) in [7, 11) is 1.59. The van der Waals surface area contributed by atoms with Gasteiger partial charge in [-0.05, 0) is 38.0 Å². The third-order valence-electron chi connectivity index (χ3n) is 3.60. The van der Waals surface area contributed by atoms with E-state index in [1.807, 2.05) is 25.1 Å². The zero-order valence-electron chi connectivity index (χ0n) is 12.5. The third-order valence-corrected chi connectivity index (χ3v) is 4.87. The van der Waals surface area contributed by atoms with Gasteiger partial charge in [0.15, 0.2) is 0 Å². The van der Waals surface area contributed by atoms with Gasteiger partial charge in [0.25, 0.3) is 0 Å². The maximum atomic E-state index is 11.8. The second-order valence-electron chi connectivity index (χ2n) is 5.35. The minimum absolute atomic E-state index is 0.143. The maximum Gasteiger partial charge on any atom is 0.223 e. The Bertz CT molecular complexity index is 710. The Morgan fingerprint density at radius 2 is 2.27 bits per heavy atom. The predicted octanol–water partition coefficient (Wildman–Crippen LogP) is 3.81. The quantitative estimate of drug-likeness (QED) is 0.903. The van der Waals surface area contributed by atoms with Crippen LogP contribution in [-0.2, 0) is 11.3 Å². The summed E-state index contributed by atoms with van der Waals surface area (Å²) in [6.07, 6.45) is 2.02. The van der Waals surface area contributed by atoms with Crippen LogP contribution in [0.4, 0.5) is 0 Å². The van der Waals surface area contributed by atoms with Crippen LogP contribution in [0.25, 0.3) is 11.3 Å². The van der Waals surface area contributed by atoms with Crippen molar-refractivity contribution in [1.29, 1.82) is 0 Å². The van der Waals surface area contributed by atoms with Crippen molar-refractivity contribution >= 4 is 28.8 Å². The smallest absolute Gasteiger partial charge is 0.223 e. The molecule has 1 N–H and O–H groups in total. The number of methoxy groups -OCH3 is 1. The Morgan fingerprint density at radius 3 is 2.91 bits per heavy atom. The predicted molar refractivity (Wildman–Crippen MR) is 88.4 cm³/mol. The van der Waals surface area contributed by atoms with Crippen LogP contribution < -0.4 is 10.1 Å². The fourth-order valence-electron chi connectivity index (χ4n) is 2.29. The maximum absolute atomic E-state index is 11.8. The number of halogens is 1. The lowest BCUT2D eigenvalue weighted by Crippen LogP contribution is -2.23. The van der Waals surface area contributed by atoms with Crippen LogP contribution in [0.3, 0.4) is 0 Å². The Kier molecular flexibility index (Phi) is 4.36. The van der Waals surface area contributed by atoms with Crippen LogP contribution in [0.15, 0.2) is 18.2 Å². The molecule has 0 saturated heterocycles.